The van der Waals surface area contributed by atoms with Gasteiger partial charge in [-0.2, -0.15) is 0 Å². The van der Waals surface area contributed by atoms with E-state index in [1.54, 1.807) is 6.92 Å². The summed E-state index contributed by atoms with van der Waals surface area (Å²) in [4.78, 5) is 26.0. The first-order chi connectivity index (χ1) is 13.5. The molecule has 2 aliphatic heterocycles. The summed E-state index contributed by atoms with van der Waals surface area (Å²) in [6, 6.07) is 7.28. The highest BCUT2D eigenvalue weighted by Crippen LogP contribution is 2.20. The second-order valence-corrected chi connectivity index (χ2v) is 6.80. The van der Waals surface area contributed by atoms with Gasteiger partial charge in [-0.25, -0.2) is 5.43 Å². The van der Waals surface area contributed by atoms with E-state index in [9.17, 15) is 14.7 Å². The highest BCUT2D eigenvalue weighted by molar-refractivity contribution is 5.90. The zero-order chi connectivity index (χ0) is 20.1. The Morgan fingerprint density at radius 1 is 1.25 bits per heavy atom. The van der Waals surface area contributed by atoms with Gasteiger partial charge in [0.2, 0.25) is 6.10 Å². The fourth-order valence-corrected chi connectivity index (χ4v) is 3.11. The van der Waals surface area contributed by atoms with Gasteiger partial charge in [-0.05, 0) is 24.6 Å². The van der Waals surface area contributed by atoms with Crippen LogP contribution in [0.3, 0.4) is 0 Å². The molecule has 2 aliphatic rings. The number of morpholine rings is 1. The van der Waals surface area contributed by atoms with Crippen LogP contribution in [0.25, 0.3) is 0 Å². The standard InChI is InChI=1S/C19H26N4O5/c1-13(14-3-5-15(6-4-14)23-8-2-7-20-23)21-18(26)16(24)17(25)19(27)22-9-11-28-12-10-22/h2-6,8,13,16-17,20,24-25H,7,9-12H2,1H3,(H,21,26)/p+1/t13-,16-,17-/m1/s1. The van der Waals surface area contributed by atoms with Crippen LogP contribution >= 0.6 is 0 Å². The number of hydrazine groups is 1. The van der Waals surface area contributed by atoms with Crippen molar-refractivity contribution in [1.29, 1.82) is 0 Å². The van der Waals surface area contributed by atoms with Gasteiger partial charge in [0.25, 0.3) is 12.0 Å². The lowest BCUT2D eigenvalue weighted by atomic mass is 10.1. The normalized spacial score (nSPS) is 20.0. The summed E-state index contributed by atoms with van der Waals surface area (Å²) < 4.78 is 5.17. The smallest absolute Gasteiger partial charge is 0.303 e. The number of hydrogen-bond donors (Lipinski definition) is 3. The van der Waals surface area contributed by atoms with Crippen molar-refractivity contribution >= 4 is 17.5 Å². The average molecular weight is 391 g/mol. The van der Waals surface area contributed by atoms with Crippen molar-refractivity contribution < 1.29 is 24.5 Å². The summed E-state index contributed by atoms with van der Waals surface area (Å²) in [5, 5.41) is 22.7. The van der Waals surface area contributed by atoms with Gasteiger partial charge < -0.3 is 25.2 Å². The number of hydrogen-bond acceptors (Lipinski definition) is 6. The molecule has 0 aliphatic carbocycles. The molecule has 9 nitrogen and oxygen atoms in total. The fraction of sp³-hybridized carbons (Fsp3) is 0.474. The molecule has 152 valence electrons. The zero-order valence-electron chi connectivity index (χ0n) is 15.8. The van der Waals surface area contributed by atoms with E-state index in [2.05, 4.69) is 10.7 Å². The average Bonchev–Trinajstić information content (AvgIpc) is 3.27. The Labute approximate surface area is 163 Å². The molecule has 0 radical (unpaired) electrons. The lowest BCUT2D eigenvalue weighted by Gasteiger charge is -2.29. The van der Waals surface area contributed by atoms with Crippen LogP contribution in [-0.2, 0) is 14.3 Å². The van der Waals surface area contributed by atoms with E-state index >= 15 is 0 Å². The molecule has 1 aromatic rings. The molecule has 1 fully saturated rings. The SMILES string of the molecule is C[C@@H](NC(=O)[C@H]([OH2+])[C@@H](O)C(=O)N1CCOCC1)c1ccc(N2C=CCN2)cc1. The second-order valence-electron chi connectivity index (χ2n) is 6.80. The van der Waals surface area contributed by atoms with Gasteiger partial charge in [0.05, 0.1) is 24.9 Å². The molecule has 9 heteroatoms. The predicted octanol–water partition coefficient (Wildman–Crippen LogP) is -0.985. The molecule has 0 spiro atoms. The highest BCUT2D eigenvalue weighted by atomic mass is 16.5. The van der Waals surface area contributed by atoms with Crippen molar-refractivity contribution in [2.45, 2.75) is 25.2 Å². The van der Waals surface area contributed by atoms with E-state index in [0.29, 0.717) is 26.3 Å². The predicted molar refractivity (Wildman–Crippen MR) is 103 cm³/mol. The van der Waals surface area contributed by atoms with Crippen molar-refractivity contribution in [2.24, 2.45) is 0 Å². The lowest BCUT2D eigenvalue weighted by molar-refractivity contribution is -0.156. The number of carbonyl (C=O) groups is 2. The van der Waals surface area contributed by atoms with Crippen molar-refractivity contribution in [1.82, 2.24) is 15.6 Å². The third-order valence-corrected chi connectivity index (χ3v) is 4.84. The van der Waals surface area contributed by atoms with Crippen LogP contribution in [0.1, 0.15) is 18.5 Å². The quantitative estimate of drug-likeness (QED) is 0.537. The summed E-state index contributed by atoms with van der Waals surface area (Å²) in [7, 11) is 0. The maximum absolute atomic E-state index is 12.4. The molecule has 3 rings (SSSR count). The number of benzene rings is 1. The van der Waals surface area contributed by atoms with Crippen LogP contribution in [0.15, 0.2) is 36.5 Å². The minimum Gasteiger partial charge on any atom is -0.434 e. The molecular weight excluding hydrogens is 364 g/mol. The van der Waals surface area contributed by atoms with Gasteiger partial charge in [0.15, 0.2) is 0 Å². The summed E-state index contributed by atoms with van der Waals surface area (Å²) in [5.74, 6) is -1.29. The number of nitrogens with one attached hydrogen (secondary N) is 2. The van der Waals surface area contributed by atoms with Crippen LogP contribution in [0, 0.1) is 0 Å². The van der Waals surface area contributed by atoms with Crippen LogP contribution in [-0.4, -0.2) is 72.0 Å². The van der Waals surface area contributed by atoms with E-state index in [-0.39, 0.29) is 6.04 Å². The van der Waals surface area contributed by atoms with E-state index < -0.39 is 24.0 Å². The molecule has 28 heavy (non-hydrogen) atoms. The van der Waals surface area contributed by atoms with Gasteiger partial charge in [0.1, 0.15) is 0 Å². The van der Waals surface area contributed by atoms with Gasteiger partial charge in [-0.3, -0.25) is 14.6 Å². The maximum atomic E-state index is 12.4. The zero-order valence-corrected chi connectivity index (χ0v) is 15.8. The number of ether oxygens (including phenoxy) is 1. The van der Waals surface area contributed by atoms with Gasteiger partial charge in [-0.1, -0.05) is 18.2 Å². The minimum atomic E-state index is -1.69. The molecule has 0 bridgehead atoms. The molecule has 0 unspecified atom stereocenters. The third-order valence-electron chi connectivity index (χ3n) is 4.84. The Balaban J connectivity index is 1.55. The lowest BCUT2D eigenvalue weighted by Crippen LogP contribution is -2.53. The summed E-state index contributed by atoms with van der Waals surface area (Å²) >= 11 is 0. The number of carbonyl (C=O) groups excluding carboxylic acids is 2. The van der Waals surface area contributed by atoms with Gasteiger partial charge in [-0.15, -0.1) is 0 Å². The van der Waals surface area contributed by atoms with E-state index in [4.69, 9.17) is 9.84 Å². The third kappa shape index (κ3) is 4.68. The second kappa shape index (κ2) is 9.16. The first-order valence-corrected chi connectivity index (χ1v) is 9.33. The van der Waals surface area contributed by atoms with Crippen LogP contribution in [0.5, 0.6) is 0 Å². The Bertz CT molecular complexity index is 718. The molecular formula is C19H27N4O5+. The Morgan fingerprint density at radius 2 is 1.93 bits per heavy atom. The van der Waals surface area contributed by atoms with Crippen molar-refractivity contribution in [3.63, 3.8) is 0 Å². The largest absolute Gasteiger partial charge is 0.434 e. The number of nitrogens with zero attached hydrogens (tertiary/aromatic N) is 2. The first-order valence-electron chi connectivity index (χ1n) is 9.33. The highest BCUT2D eigenvalue weighted by Gasteiger charge is 2.38. The Hall–Kier alpha value is -2.46. The minimum absolute atomic E-state index is 0.355. The maximum Gasteiger partial charge on any atom is 0.303 e. The Morgan fingerprint density at radius 3 is 2.54 bits per heavy atom. The van der Waals surface area contributed by atoms with Crippen molar-refractivity contribution in [3.05, 3.63) is 42.1 Å². The van der Waals surface area contributed by atoms with Crippen molar-refractivity contribution in [2.75, 3.05) is 37.9 Å². The number of anilines is 1. The molecule has 2 heterocycles. The summed E-state index contributed by atoms with van der Waals surface area (Å²) in [6.07, 6.45) is 0.670. The van der Waals surface area contributed by atoms with Crippen LogP contribution < -0.4 is 15.8 Å². The molecule has 0 saturated carbocycles. The van der Waals surface area contributed by atoms with Gasteiger partial charge in [0, 0.05) is 25.8 Å². The number of aliphatic hydroxyl groups excluding tert-OH is 1. The van der Waals surface area contributed by atoms with E-state index in [1.807, 2.05) is 41.6 Å². The molecule has 1 aromatic carbocycles. The monoisotopic (exact) mass is 391 g/mol. The number of rotatable bonds is 6. The van der Waals surface area contributed by atoms with Crippen LogP contribution in [0.4, 0.5) is 5.69 Å². The number of amides is 2. The summed E-state index contributed by atoms with van der Waals surface area (Å²) in [6.45, 7) is 4.07. The van der Waals surface area contributed by atoms with Crippen LogP contribution in [0.2, 0.25) is 0 Å². The molecule has 2 amide bonds. The molecule has 0 aromatic heterocycles. The molecule has 5 N–H and O–H groups in total. The first kappa shape index (κ1) is 20.3. The molecule has 3 atom stereocenters. The Kier molecular flexibility index (Phi) is 6.63. The van der Waals surface area contributed by atoms with Gasteiger partial charge >= 0.3 is 5.91 Å². The molecule has 1 saturated heterocycles. The van der Waals surface area contributed by atoms with Crippen molar-refractivity contribution in [3.8, 4) is 0 Å². The fourth-order valence-electron chi connectivity index (χ4n) is 3.11. The summed E-state index contributed by atoms with van der Waals surface area (Å²) in [5.41, 5.74) is 5.01. The van der Waals surface area contributed by atoms with E-state index in [0.717, 1.165) is 17.8 Å². The van der Waals surface area contributed by atoms with E-state index in [1.165, 1.54) is 4.90 Å². The topological polar surface area (TPSA) is 117 Å². The number of aliphatic hydroxyl groups is 1.